The highest BCUT2D eigenvalue weighted by molar-refractivity contribution is 5.85. The van der Waals surface area contributed by atoms with Crippen molar-refractivity contribution in [2.75, 3.05) is 33.7 Å². The van der Waals surface area contributed by atoms with Crippen LogP contribution in [0.5, 0.6) is 0 Å². The minimum absolute atomic E-state index is 0.00438. The summed E-state index contributed by atoms with van der Waals surface area (Å²) in [6.45, 7) is 1.70. The van der Waals surface area contributed by atoms with Crippen LogP contribution < -0.4 is 10.6 Å². The number of aliphatic imine (C=N–C) groups is 1. The van der Waals surface area contributed by atoms with E-state index in [1.165, 1.54) is 38.5 Å². The normalized spacial score (nSPS) is 24.4. The first-order chi connectivity index (χ1) is 14.0. The molecule has 1 saturated heterocycles. The Labute approximate surface area is 175 Å². The third-order valence-electron chi connectivity index (χ3n) is 6.61. The van der Waals surface area contributed by atoms with Crippen LogP contribution in [0.3, 0.4) is 0 Å². The molecule has 0 radical (unpaired) electrons. The van der Waals surface area contributed by atoms with Gasteiger partial charge in [0.2, 0.25) is 11.8 Å². The zero-order valence-corrected chi connectivity index (χ0v) is 18.3. The molecule has 7 nitrogen and oxygen atoms in total. The van der Waals surface area contributed by atoms with Gasteiger partial charge in [-0.2, -0.15) is 0 Å². The fraction of sp³-hybridized carbons (Fsp3) is 0.864. The van der Waals surface area contributed by atoms with E-state index in [0.717, 1.165) is 51.2 Å². The molecule has 2 N–H and O–H groups in total. The molecule has 3 rings (SSSR count). The van der Waals surface area contributed by atoms with E-state index in [2.05, 4.69) is 15.6 Å². The number of amides is 2. The maximum Gasteiger partial charge on any atom is 0.243 e. The first kappa shape index (κ1) is 21.9. The SMILES string of the molecule is CN(C)C(=O)CN=C(NC1CCCCC1)NC1CCN(C(=O)C2CCCCC2)C1. The van der Waals surface area contributed by atoms with E-state index < -0.39 is 0 Å². The van der Waals surface area contributed by atoms with Gasteiger partial charge in [0, 0.05) is 45.2 Å². The van der Waals surface area contributed by atoms with Crippen LogP contribution in [0.4, 0.5) is 0 Å². The van der Waals surface area contributed by atoms with E-state index in [9.17, 15) is 9.59 Å². The van der Waals surface area contributed by atoms with Gasteiger partial charge >= 0.3 is 0 Å². The second-order valence-corrected chi connectivity index (χ2v) is 9.18. The molecule has 29 heavy (non-hydrogen) atoms. The molecule has 0 aromatic heterocycles. The largest absolute Gasteiger partial charge is 0.354 e. The van der Waals surface area contributed by atoms with E-state index in [1.54, 1.807) is 19.0 Å². The lowest BCUT2D eigenvalue weighted by molar-refractivity contribution is -0.135. The lowest BCUT2D eigenvalue weighted by atomic mass is 9.88. The molecule has 2 saturated carbocycles. The molecule has 3 fully saturated rings. The van der Waals surface area contributed by atoms with E-state index in [4.69, 9.17) is 0 Å². The van der Waals surface area contributed by atoms with Crippen molar-refractivity contribution in [2.24, 2.45) is 10.9 Å². The van der Waals surface area contributed by atoms with E-state index >= 15 is 0 Å². The summed E-state index contributed by atoms with van der Waals surface area (Å²) in [7, 11) is 3.51. The maximum atomic E-state index is 12.8. The molecule has 7 heteroatoms. The van der Waals surface area contributed by atoms with Crippen molar-refractivity contribution in [2.45, 2.75) is 82.7 Å². The third kappa shape index (κ3) is 6.61. The molecule has 0 aromatic rings. The van der Waals surface area contributed by atoms with Crippen LogP contribution in [0.2, 0.25) is 0 Å². The Morgan fingerprint density at radius 3 is 2.17 bits per heavy atom. The average Bonchev–Trinajstić information content (AvgIpc) is 3.21. The monoisotopic (exact) mass is 405 g/mol. The number of carbonyl (C=O) groups excluding carboxylic acids is 2. The summed E-state index contributed by atoms with van der Waals surface area (Å²) in [5, 5.41) is 7.07. The molecule has 2 aliphatic carbocycles. The molecular weight excluding hydrogens is 366 g/mol. The number of likely N-dealkylation sites (tertiary alicyclic amines) is 1. The Kier molecular flexibility index (Phi) is 8.19. The molecule has 3 aliphatic rings. The maximum absolute atomic E-state index is 12.8. The van der Waals surface area contributed by atoms with Gasteiger partial charge in [0.15, 0.2) is 5.96 Å². The van der Waals surface area contributed by atoms with Crippen molar-refractivity contribution >= 4 is 17.8 Å². The molecule has 2 amide bonds. The predicted molar refractivity (Wildman–Crippen MR) is 116 cm³/mol. The second kappa shape index (κ2) is 10.8. The topological polar surface area (TPSA) is 77.0 Å². The van der Waals surface area contributed by atoms with Crippen molar-refractivity contribution in [1.29, 1.82) is 0 Å². The molecule has 0 spiro atoms. The lowest BCUT2D eigenvalue weighted by Crippen LogP contribution is -2.49. The molecule has 1 unspecified atom stereocenters. The fourth-order valence-electron chi connectivity index (χ4n) is 4.74. The molecule has 1 atom stereocenters. The van der Waals surface area contributed by atoms with Crippen LogP contribution in [0.15, 0.2) is 4.99 Å². The van der Waals surface area contributed by atoms with Gasteiger partial charge in [-0.3, -0.25) is 9.59 Å². The van der Waals surface area contributed by atoms with Crippen molar-refractivity contribution < 1.29 is 9.59 Å². The van der Waals surface area contributed by atoms with Crippen LogP contribution in [-0.2, 0) is 9.59 Å². The number of nitrogens with one attached hydrogen (secondary N) is 2. The van der Waals surface area contributed by atoms with Gasteiger partial charge in [-0.05, 0) is 32.1 Å². The lowest BCUT2D eigenvalue weighted by Gasteiger charge is -2.28. The summed E-state index contributed by atoms with van der Waals surface area (Å²) in [5.74, 6) is 1.29. The summed E-state index contributed by atoms with van der Waals surface area (Å²) < 4.78 is 0. The Bertz CT molecular complexity index is 580. The van der Waals surface area contributed by atoms with E-state index in [1.807, 2.05) is 4.90 Å². The minimum atomic E-state index is -0.00438. The average molecular weight is 406 g/mol. The minimum Gasteiger partial charge on any atom is -0.354 e. The van der Waals surface area contributed by atoms with Crippen LogP contribution in [-0.4, -0.2) is 73.4 Å². The number of guanidine groups is 1. The third-order valence-corrected chi connectivity index (χ3v) is 6.61. The molecule has 0 aromatic carbocycles. The smallest absolute Gasteiger partial charge is 0.243 e. The van der Waals surface area contributed by atoms with Crippen LogP contribution in [0.1, 0.15) is 70.6 Å². The number of nitrogens with zero attached hydrogens (tertiary/aromatic N) is 3. The number of hydrogen-bond acceptors (Lipinski definition) is 3. The highest BCUT2D eigenvalue weighted by Crippen LogP contribution is 2.26. The van der Waals surface area contributed by atoms with Gasteiger partial charge in [0.05, 0.1) is 0 Å². The van der Waals surface area contributed by atoms with Crippen LogP contribution in [0.25, 0.3) is 0 Å². The first-order valence-corrected chi connectivity index (χ1v) is 11.6. The molecule has 1 aliphatic heterocycles. The van der Waals surface area contributed by atoms with Gasteiger partial charge in [-0.1, -0.05) is 38.5 Å². The van der Waals surface area contributed by atoms with Crippen LogP contribution >= 0.6 is 0 Å². The highest BCUT2D eigenvalue weighted by Gasteiger charge is 2.32. The Hall–Kier alpha value is -1.79. The Balaban J connectivity index is 1.55. The fourth-order valence-corrected chi connectivity index (χ4v) is 4.74. The number of likely N-dealkylation sites (N-methyl/N-ethyl adjacent to an activating group) is 1. The Morgan fingerprint density at radius 1 is 0.897 bits per heavy atom. The number of rotatable bonds is 5. The zero-order chi connectivity index (χ0) is 20.6. The van der Waals surface area contributed by atoms with Crippen molar-refractivity contribution in [3.8, 4) is 0 Å². The summed E-state index contributed by atoms with van der Waals surface area (Å²) in [6, 6.07) is 0.623. The molecule has 1 heterocycles. The highest BCUT2D eigenvalue weighted by atomic mass is 16.2. The quantitative estimate of drug-likeness (QED) is 0.543. The van der Waals surface area contributed by atoms with Crippen molar-refractivity contribution in [3.63, 3.8) is 0 Å². The standard InChI is InChI=1S/C22H39N5O2/c1-26(2)20(28)15-23-22(24-18-11-7-4-8-12-18)25-19-13-14-27(16-19)21(29)17-9-5-3-6-10-17/h17-19H,3-16H2,1-2H3,(H2,23,24,25). The van der Waals surface area contributed by atoms with Gasteiger partial charge < -0.3 is 20.4 Å². The van der Waals surface area contributed by atoms with Crippen LogP contribution in [0, 0.1) is 5.92 Å². The molecule has 0 bridgehead atoms. The Morgan fingerprint density at radius 2 is 1.52 bits per heavy atom. The predicted octanol–water partition coefficient (Wildman–Crippen LogP) is 2.12. The summed E-state index contributed by atoms with van der Waals surface area (Å²) in [4.78, 5) is 33.0. The van der Waals surface area contributed by atoms with E-state index in [-0.39, 0.29) is 24.4 Å². The summed E-state index contributed by atoms with van der Waals surface area (Å²) in [6.07, 6.45) is 12.8. The van der Waals surface area contributed by atoms with Gasteiger partial charge in [-0.25, -0.2) is 4.99 Å². The van der Waals surface area contributed by atoms with Gasteiger partial charge in [0.25, 0.3) is 0 Å². The summed E-state index contributed by atoms with van der Waals surface area (Å²) in [5.41, 5.74) is 0. The summed E-state index contributed by atoms with van der Waals surface area (Å²) >= 11 is 0. The van der Waals surface area contributed by atoms with Gasteiger partial charge in [0.1, 0.15) is 6.54 Å². The molecule has 164 valence electrons. The van der Waals surface area contributed by atoms with Gasteiger partial charge in [-0.15, -0.1) is 0 Å². The first-order valence-electron chi connectivity index (χ1n) is 11.6. The number of carbonyl (C=O) groups is 2. The van der Waals surface area contributed by atoms with Crippen molar-refractivity contribution in [3.05, 3.63) is 0 Å². The molecular formula is C22H39N5O2. The zero-order valence-electron chi connectivity index (χ0n) is 18.3. The second-order valence-electron chi connectivity index (χ2n) is 9.18. The number of hydrogen-bond donors (Lipinski definition) is 2. The van der Waals surface area contributed by atoms with E-state index in [0.29, 0.717) is 11.9 Å². The van der Waals surface area contributed by atoms with Crippen molar-refractivity contribution in [1.82, 2.24) is 20.4 Å².